The fourth-order valence-electron chi connectivity index (χ4n) is 3.89. The Morgan fingerprint density at radius 2 is 1.02 bits per heavy atom. The van der Waals surface area contributed by atoms with Crippen molar-refractivity contribution in [3.8, 4) is 0 Å². The van der Waals surface area contributed by atoms with Gasteiger partial charge in [0.05, 0.1) is 7.11 Å². The molecule has 0 radical (unpaired) electrons. The highest BCUT2D eigenvalue weighted by atomic mass is 16.6. The quantitative estimate of drug-likeness (QED) is 0.0705. The number of amides is 4. The SMILES string of the molecule is COC(=O)[C@H](CCCCN)NC(=O)C(CCCCNC(=O)OC(C)(C)C)NC(=O)[C@H](CCCCN)NC(=O)OC(C)(C)C. The Labute approximate surface area is 256 Å². The number of hydrogen-bond donors (Lipinski definition) is 6. The van der Waals surface area contributed by atoms with Crippen LogP contribution in [0.3, 0.4) is 0 Å². The van der Waals surface area contributed by atoms with Gasteiger partial charge in [-0.1, -0.05) is 0 Å². The van der Waals surface area contributed by atoms with E-state index in [9.17, 15) is 24.0 Å². The fourth-order valence-corrected chi connectivity index (χ4v) is 3.89. The zero-order chi connectivity index (χ0) is 33.1. The molecule has 0 aromatic carbocycles. The second kappa shape index (κ2) is 20.7. The predicted octanol–water partition coefficient (Wildman–Crippen LogP) is 1.98. The summed E-state index contributed by atoms with van der Waals surface area (Å²) in [6.07, 6.45) is 2.86. The summed E-state index contributed by atoms with van der Waals surface area (Å²) in [7, 11) is 1.23. The normalized spacial score (nSPS) is 13.6. The number of nitrogens with two attached hydrogens (primary N) is 2. The first-order valence-electron chi connectivity index (χ1n) is 15.1. The number of alkyl carbamates (subject to hydrolysis) is 2. The third-order valence-corrected chi connectivity index (χ3v) is 5.92. The van der Waals surface area contributed by atoms with E-state index in [2.05, 4.69) is 21.3 Å². The van der Waals surface area contributed by atoms with Crippen LogP contribution in [0.25, 0.3) is 0 Å². The van der Waals surface area contributed by atoms with Crippen LogP contribution in [0, 0.1) is 0 Å². The van der Waals surface area contributed by atoms with Gasteiger partial charge in [-0.15, -0.1) is 0 Å². The van der Waals surface area contributed by atoms with E-state index in [1.54, 1.807) is 41.5 Å². The predicted molar refractivity (Wildman–Crippen MR) is 163 cm³/mol. The molecule has 0 aliphatic rings. The summed E-state index contributed by atoms with van der Waals surface area (Å²) in [5.41, 5.74) is 9.76. The third-order valence-electron chi connectivity index (χ3n) is 5.92. The number of methoxy groups -OCH3 is 1. The van der Waals surface area contributed by atoms with Gasteiger partial charge in [0.1, 0.15) is 29.3 Å². The molecule has 4 amide bonds. The van der Waals surface area contributed by atoms with Gasteiger partial charge in [-0.3, -0.25) is 9.59 Å². The summed E-state index contributed by atoms with van der Waals surface area (Å²) in [4.78, 5) is 63.5. The smallest absolute Gasteiger partial charge is 0.408 e. The van der Waals surface area contributed by atoms with E-state index in [1.165, 1.54) is 7.11 Å². The van der Waals surface area contributed by atoms with Crippen LogP contribution in [0.5, 0.6) is 0 Å². The molecule has 0 aliphatic heterocycles. The third kappa shape index (κ3) is 20.4. The molecular weight excluding hydrogens is 560 g/mol. The van der Waals surface area contributed by atoms with E-state index in [0.29, 0.717) is 64.6 Å². The summed E-state index contributed by atoms with van der Waals surface area (Å²) in [5, 5.41) is 10.7. The lowest BCUT2D eigenvalue weighted by Crippen LogP contribution is -2.56. The minimum Gasteiger partial charge on any atom is -0.467 e. The van der Waals surface area contributed by atoms with Crippen molar-refractivity contribution in [3.05, 3.63) is 0 Å². The Balaban J connectivity index is 5.66. The summed E-state index contributed by atoms with van der Waals surface area (Å²) < 4.78 is 15.4. The summed E-state index contributed by atoms with van der Waals surface area (Å²) in [6, 6.07) is -2.93. The molecule has 0 heterocycles. The monoisotopic (exact) mass is 616 g/mol. The van der Waals surface area contributed by atoms with Crippen molar-refractivity contribution in [1.29, 1.82) is 0 Å². The number of carbonyl (C=O) groups excluding carboxylic acids is 5. The van der Waals surface area contributed by atoms with Gasteiger partial charge in [0.25, 0.3) is 0 Å². The number of carbonyl (C=O) groups is 5. The molecular formula is C29H56N6O8. The van der Waals surface area contributed by atoms with Gasteiger partial charge in [-0.2, -0.15) is 0 Å². The number of esters is 1. The average molecular weight is 617 g/mol. The molecule has 0 rings (SSSR count). The molecule has 0 fully saturated rings. The van der Waals surface area contributed by atoms with E-state index < -0.39 is 59.3 Å². The van der Waals surface area contributed by atoms with Crippen molar-refractivity contribution >= 4 is 30.0 Å². The maximum absolute atomic E-state index is 13.4. The molecule has 8 N–H and O–H groups in total. The molecule has 0 spiro atoms. The van der Waals surface area contributed by atoms with Crippen molar-refractivity contribution in [2.75, 3.05) is 26.7 Å². The van der Waals surface area contributed by atoms with E-state index in [-0.39, 0.29) is 12.8 Å². The molecule has 0 saturated carbocycles. The number of nitrogens with one attached hydrogen (secondary N) is 4. The molecule has 250 valence electrons. The lowest BCUT2D eigenvalue weighted by molar-refractivity contribution is -0.145. The van der Waals surface area contributed by atoms with Crippen molar-refractivity contribution < 1.29 is 38.2 Å². The number of ether oxygens (including phenoxy) is 3. The van der Waals surface area contributed by atoms with Crippen LogP contribution < -0.4 is 32.7 Å². The first-order chi connectivity index (χ1) is 20.0. The average Bonchev–Trinajstić information content (AvgIpc) is 2.88. The molecule has 43 heavy (non-hydrogen) atoms. The van der Waals surface area contributed by atoms with Gasteiger partial charge in [0.2, 0.25) is 11.8 Å². The molecule has 14 heteroatoms. The zero-order valence-electron chi connectivity index (χ0n) is 27.1. The first kappa shape index (κ1) is 39.9. The van der Waals surface area contributed by atoms with E-state index in [0.717, 1.165) is 0 Å². The molecule has 0 saturated heterocycles. The van der Waals surface area contributed by atoms with Gasteiger partial charge < -0.3 is 46.9 Å². The lowest BCUT2D eigenvalue weighted by atomic mass is 10.0. The number of unbranched alkanes of at least 4 members (excludes halogenated alkanes) is 3. The van der Waals surface area contributed by atoms with Crippen LogP contribution in [0.15, 0.2) is 0 Å². The van der Waals surface area contributed by atoms with Crippen LogP contribution in [0.2, 0.25) is 0 Å². The maximum atomic E-state index is 13.4. The van der Waals surface area contributed by atoms with Gasteiger partial charge in [-0.25, -0.2) is 14.4 Å². The van der Waals surface area contributed by atoms with Crippen LogP contribution in [-0.2, 0) is 28.6 Å². The topological polar surface area (TPSA) is 213 Å². The number of rotatable bonds is 19. The summed E-state index contributed by atoms with van der Waals surface area (Å²) in [5.74, 6) is -1.76. The highest BCUT2D eigenvalue weighted by molar-refractivity contribution is 5.93. The van der Waals surface area contributed by atoms with E-state index in [1.807, 2.05) is 0 Å². The second-order valence-corrected chi connectivity index (χ2v) is 12.3. The Hall–Kier alpha value is -3.13. The van der Waals surface area contributed by atoms with Crippen molar-refractivity contribution in [2.45, 2.75) is 129 Å². The van der Waals surface area contributed by atoms with Crippen LogP contribution >= 0.6 is 0 Å². The lowest BCUT2D eigenvalue weighted by Gasteiger charge is -2.26. The Kier molecular flexibility index (Phi) is 19.2. The largest absolute Gasteiger partial charge is 0.467 e. The standard InChI is InChI=1S/C29H56N6O8/c1-28(2,3)42-26(39)32-19-13-10-15-20(23(36)34-22(25(38)41-7)16-9-12-18-31)33-24(37)21(14-8-11-17-30)35-27(40)43-29(4,5)6/h20-22H,8-19,30-31H2,1-7H3,(H,32,39)(H,33,37)(H,34,36)(H,35,40)/t20?,21-,22-/m0/s1. The zero-order valence-corrected chi connectivity index (χ0v) is 27.1. The van der Waals surface area contributed by atoms with Crippen molar-refractivity contribution in [2.24, 2.45) is 11.5 Å². The van der Waals surface area contributed by atoms with Gasteiger partial charge in [0, 0.05) is 6.54 Å². The van der Waals surface area contributed by atoms with Gasteiger partial charge in [-0.05, 0) is 112 Å². The molecule has 1 unspecified atom stereocenters. The minimum atomic E-state index is -1.03. The highest BCUT2D eigenvalue weighted by Gasteiger charge is 2.30. The molecule has 14 nitrogen and oxygen atoms in total. The summed E-state index contributed by atoms with van der Waals surface area (Å²) in [6.45, 7) is 11.6. The fraction of sp³-hybridized carbons (Fsp3) is 0.828. The van der Waals surface area contributed by atoms with Crippen LogP contribution in [0.1, 0.15) is 99.3 Å². The van der Waals surface area contributed by atoms with Crippen molar-refractivity contribution in [3.63, 3.8) is 0 Å². The second-order valence-electron chi connectivity index (χ2n) is 12.3. The number of hydrogen-bond acceptors (Lipinski definition) is 10. The van der Waals surface area contributed by atoms with Gasteiger partial charge >= 0.3 is 18.2 Å². The first-order valence-corrected chi connectivity index (χ1v) is 15.1. The Morgan fingerprint density at radius 1 is 0.605 bits per heavy atom. The molecule has 3 atom stereocenters. The summed E-state index contributed by atoms with van der Waals surface area (Å²) >= 11 is 0. The van der Waals surface area contributed by atoms with E-state index >= 15 is 0 Å². The molecule has 0 aliphatic carbocycles. The van der Waals surface area contributed by atoms with Crippen LogP contribution in [0.4, 0.5) is 9.59 Å². The molecule has 0 bridgehead atoms. The Morgan fingerprint density at radius 3 is 1.49 bits per heavy atom. The van der Waals surface area contributed by atoms with E-state index in [4.69, 9.17) is 25.7 Å². The van der Waals surface area contributed by atoms with Gasteiger partial charge in [0.15, 0.2) is 0 Å². The maximum Gasteiger partial charge on any atom is 0.408 e. The molecule has 0 aromatic rings. The van der Waals surface area contributed by atoms with Crippen LogP contribution in [-0.4, -0.2) is 86.0 Å². The molecule has 0 aromatic heterocycles. The highest BCUT2D eigenvalue weighted by Crippen LogP contribution is 2.11. The van der Waals surface area contributed by atoms with Crippen molar-refractivity contribution in [1.82, 2.24) is 21.3 Å². The minimum absolute atomic E-state index is 0.201. The Bertz CT molecular complexity index is 872.